The van der Waals surface area contributed by atoms with Crippen molar-refractivity contribution in [3.8, 4) is 17.2 Å². The summed E-state index contributed by atoms with van der Waals surface area (Å²) in [6.07, 6.45) is 3.66. The molecule has 4 rings (SSSR count). The van der Waals surface area contributed by atoms with Crippen LogP contribution in [0, 0.1) is 0 Å². The Morgan fingerprint density at radius 1 is 1.07 bits per heavy atom. The average Bonchev–Trinajstić information content (AvgIpc) is 3.14. The first-order valence-corrected chi connectivity index (χ1v) is 8.89. The van der Waals surface area contributed by atoms with Crippen LogP contribution in [0.5, 0.6) is 17.2 Å². The quantitative estimate of drug-likeness (QED) is 0.763. The number of hydrogen-bond donors (Lipinski definition) is 1. The van der Waals surface area contributed by atoms with Gasteiger partial charge in [-0.3, -0.25) is 4.79 Å². The third-order valence-electron chi connectivity index (χ3n) is 5.06. The predicted octanol–water partition coefficient (Wildman–Crippen LogP) is 3.79. The topological polar surface area (TPSA) is 63.8 Å². The molecule has 2 heterocycles. The summed E-state index contributed by atoms with van der Waals surface area (Å²) >= 11 is 0. The molecule has 1 aromatic heterocycles. The maximum absolute atomic E-state index is 13.4. The minimum absolute atomic E-state index is 0.0566. The molecule has 2 aromatic carbocycles. The van der Waals surface area contributed by atoms with E-state index in [2.05, 4.69) is 11.1 Å². The number of aryl methyl sites for hydroxylation is 1. The van der Waals surface area contributed by atoms with Gasteiger partial charge < -0.3 is 24.1 Å². The molecule has 0 bridgehead atoms. The summed E-state index contributed by atoms with van der Waals surface area (Å²) in [5.74, 6) is 1.45. The lowest BCUT2D eigenvalue weighted by atomic mass is 10.0. The van der Waals surface area contributed by atoms with Gasteiger partial charge in [-0.05, 0) is 24.5 Å². The van der Waals surface area contributed by atoms with Gasteiger partial charge in [0.05, 0.1) is 37.8 Å². The summed E-state index contributed by atoms with van der Waals surface area (Å²) in [6, 6.07) is 9.88. The number of nitrogens with zero attached hydrogens (tertiary/aromatic N) is 1. The van der Waals surface area contributed by atoms with Gasteiger partial charge in [-0.25, -0.2) is 0 Å². The first kappa shape index (κ1) is 17.3. The summed E-state index contributed by atoms with van der Waals surface area (Å²) < 4.78 is 16.5. The SMILES string of the molecule is COc1cc2[nH]cc(C(=O)N3CCCc4ccccc43)c2c(OC)c1OC. The van der Waals surface area contributed by atoms with E-state index in [1.54, 1.807) is 27.5 Å². The number of methoxy groups -OCH3 is 3. The molecule has 27 heavy (non-hydrogen) atoms. The summed E-state index contributed by atoms with van der Waals surface area (Å²) in [6.45, 7) is 0.693. The number of anilines is 1. The molecule has 0 atom stereocenters. The second kappa shape index (κ2) is 6.87. The van der Waals surface area contributed by atoms with Gasteiger partial charge in [0.2, 0.25) is 5.75 Å². The maximum atomic E-state index is 13.4. The molecule has 0 saturated heterocycles. The number of hydrogen-bond acceptors (Lipinski definition) is 4. The number of aromatic amines is 1. The molecule has 0 fully saturated rings. The van der Waals surface area contributed by atoms with E-state index in [0.717, 1.165) is 24.0 Å². The van der Waals surface area contributed by atoms with Gasteiger partial charge in [-0.15, -0.1) is 0 Å². The van der Waals surface area contributed by atoms with E-state index in [1.165, 1.54) is 5.56 Å². The number of ether oxygens (including phenoxy) is 3. The van der Waals surface area contributed by atoms with Crippen molar-refractivity contribution in [1.29, 1.82) is 0 Å². The van der Waals surface area contributed by atoms with E-state index < -0.39 is 0 Å². The van der Waals surface area contributed by atoms with Crippen molar-refractivity contribution in [2.45, 2.75) is 12.8 Å². The lowest BCUT2D eigenvalue weighted by Crippen LogP contribution is -2.35. The van der Waals surface area contributed by atoms with Gasteiger partial charge in [0, 0.05) is 24.5 Å². The lowest BCUT2D eigenvalue weighted by molar-refractivity contribution is 0.0986. The average molecular weight is 366 g/mol. The van der Waals surface area contributed by atoms with E-state index in [9.17, 15) is 4.79 Å². The van der Waals surface area contributed by atoms with Crippen LogP contribution in [0.2, 0.25) is 0 Å². The van der Waals surface area contributed by atoms with Crippen LogP contribution < -0.4 is 19.1 Å². The highest BCUT2D eigenvalue weighted by molar-refractivity contribution is 6.16. The fourth-order valence-electron chi connectivity index (χ4n) is 3.82. The van der Waals surface area contributed by atoms with Crippen LogP contribution in [-0.4, -0.2) is 38.8 Å². The van der Waals surface area contributed by atoms with Gasteiger partial charge in [0.25, 0.3) is 5.91 Å². The highest BCUT2D eigenvalue weighted by Crippen LogP contribution is 2.45. The zero-order valence-electron chi connectivity index (χ0n) is 15.7. The largest absolute Gasteiger partial charge is 0.493 e. The Bertz CT molecular complexity index is 1010. The molecule has 1 amide bonds. The molecule has 0 spiro atoms. The third kappa shape index (κ3) is 2.68. The second-order valence-corrected chi connectivity index (χ2v) is 6.46. The maximum Gasteiger partial charge on any atom is 0.260 e. The van der Waals surface area contributed by atoms with Gasteiger partial charge in [-0.1, -0.05) is 18.2 Å². The van der Waals surface area contributed by atoms with Crippen molar-refractivity contribution >= 4 is 22.5 Å². The molecule has 6 nitrogen and oxygen atoms in total. The molecule has 1 aliphatic rings. The predicted molar refractivity (Wildman–Crippen MR) is 104 cm³/mol. The Morgan fingerprint density at radius 2 is 1.85 bits per heavy atom. The number of para-hydroxylation sites is 1. The van der Waals surface area contributed by atoms with Gasteiger partial charge >= 0.3 is 0 Å². The molecule has 0 aliphatic carbocycles. The van der Waals surface area contributed by atoms with Crippen LogP contribution in [0.1, 0.15) is 22.3 Å². The number of carbonyl (C=O) groups excluding carboxylic acids is 1. The van der Waals surface area contributed by atoms with Crippen molar-refractivity contribution in [3.63, 3.8) is 0 Å². The monoisotopic (exact) mass is 366 g/mol. The standard InChI is InChI=1S/C21H22N2O4/c1-25-17-11-15-18(20(27-3)19(17)26-2)14(12-22-15)21(24)23-10-6-8-13-7-4-5-9-16(13)23/h4-5,7,9,11-12,22H,6,8,10H2,1-3H3. The molecule has 0 unspecified atom stereocenters. The second-order valence-electron chi connectivity index (χ2n) is 6.46. The third-order valence-corrected chi connectivity index (χ3v) is 5.06. The van der Waals surface area contributed by atoms with Crippen LogP contribution in [-0.2, 0) is 6.42 Å². The van der Waals surface area contributed by atoms with Crippen LogP contribution in [0.3, 0.4) is 0 Å². The van der Waals surface area contributed by atoms with E-state index >= 15 is 0 Å². The molecule has 0 radical (unpaired) electrons. The first-order valence-electron chi connectivity index (χ1n) is 8.89. The molecular weight excluding hydrogens is 344 g/mol. The molecule has 1 N–H and O–H groups in total. The van der Waals surface area contributed by atoms with Crippen molar-refractivity contribution in [2.75, 3.05) is 32.8 Å². The molecule has 1 aliphatic heterocycles. The molecule has 6 heteroatoms. The summed E-state index contributed by atoms with van der Waals surface area (Å²) in [7, 11) is 4.69. The fraction of sp³-hybridized carbons (Fsp3) is 0.286. The first-order chi connectivity index (χ1) is 13.2. The number of benzene rings is 2. The van der Waals surface area contributed by atoms with Crippen molar-refractivity contribution in [3.05, 3.63) is 47.7 Å². The minimum Gasteiger partial charge on any atom is -0.493 e. The van der Waals surface area contributed by atoms with Crippen molar-refractivity contribution < 1.29 is 19.0 Å². The highest BCUT2D eigenvalue weighted by atomic mass is 16.5. The van der Waals surface area contributed by atoms with Gasteiger partial charge in [0.1, 0.15) is 0 Å². The Hall–Kier alpha value is -3.15. The number of H-pyrrole nitrogens is 1. The Morgan fingerprint density at radius 3 is 2.59 bits per heavy atom. The molecule has 0 saturated carbocycles. The number of amides is 1. The smallest absolute Gasteiger partial charge is 0.260 e. The number of fused-ring (bicyclic) bond motifs is 2. The Labute approximate surface area is 157 Å². The van der Waals surface area contributed by atoms with Crippen LogP contribution in [0.15, 0.2) is 36.5 Å². The van der Waals surface area contributed by atoms with Gasteiger partial charge in [-0.2, -0.15) is 0 Å². The van der Waals surface area contributed by atoms with Crippen molar-refractivity contribution in [2.24, 2.45) is 0 Å². The van der Waals surface area contributed by atoms with Gasteiger partial charge in [0.15, 0.2) is 11.5 Å². The number of carbonyl (C=O) groups is 1. The molecule has 140 valence electrons. The lowest BCUT2D eigenvalue weighted by Gasteiger charge is -2.29. The molecule has 3 aromatic rings. The fourth-order valence-corrected chi connectivity index (χ4v) is 3.82. The van der Waals surface area contributed by atoms with Crippen LogP contribution in [0.4, 0.5) is 5.69 Å². The Kier molecular flexibility index (Phi) is 4.39. The number of rotatable bonds is 4. The van der Waals surface area contributed by atoms with E-state index in [4.69, 9.17) is 14.2 Å². The van der Waals surface area contributed by atoms with Crippen LogP contribution in [0.25, 0.3) is 10.9 Å². The van der Waals surface area contributed by atoms with E-state index in [0.29, 0.717) is 34.7 Å². The minimum atomic E-state index is -0.0566. The normalized spacial score (nSPS) is 13.4. The number of nitrogens with one attached hydrogen (secondary N) is 1. The number of aromatic nitrogens is 1. The summed E-state index contributed by atoms with van der Waals surface area (Å²) in [4.78, 5) is 18.5. The highest BCUT2D eigenvalue weighted by Gasteiger charge is 2.28. The van der Waals surface area contributed by atoms with E-state index in [-0.39, 0.29) is 5.91 Å². The molecular formula is C21H22N2O4. The Balaban J connectivity index is 1.87. The van der Waals surface area contributed by atoms with Crippen LogP contribution >= 0.6 is 0 Å². The summed E-state index contributed by atoms with van der Waals surface area (Å²) in [5.41, 5.74) is 3.49. The van der Waals surface area contributed by atoms with Crippen molar-refractivity contribution in [1.82, 2.24) is 4.98 Å². The van der Waals surface area contributed by atoms with E-state index in [1.807, 2.05) is 29.2 Å². The zero-order chi connectivity index (χ0) is 19.0. The summed E-state index contributed by atoms with van der Waals surface area (Å²) in [5, 5.41) is 0.697. The zero-order valence-corrected chi connectivity index (χ0v) is 15.7.